The first kappa shape index (κ1) is 11.3. The first-order chi connectivity index (χ1) is 7.11. The molecule has 0 heterocycles. The normalized spacial score (nSPS) is 9.20. The second kappa shape index (κ2) is 4.63. The van der Waals surface area contributed by atoms with Crippen LogP contribution < -0.4 is 4.74 Å². The van der Waals surface area contributed by atoms with Crippen LogP contribution in [-0.4, -0.2) is 12.0 Å². The summed E-state index contributed by atoms with van der Waals surface area (Å²) in [6.45, 7) is 0. The lowest BCUT2D eigenvalue weighted by Crippen LogP contribution is -1.91. The summed E-state index contributed by atoms with van der Waals surface area (Å²) in [6, 6.07) is 2.63. The van der Waals surface area contributed by atoms with Crippen molar-refractivity contribution < 1.29 is 9.66 Å². The van der Waals surface area contributed by atoms with Crippen molar-refractivity contribution in [3.05, 3.63) is 37.2 Å². The lowest BCUT2D eigenvalue weighted by atomic mass is 10.2. The summed E-state index contributed by atoms with van der Waals surface area (Å²) in [4.78, 5) is 12.5. The van der Waals surface area contributed by atoms with Gasteiger partial charge in [0.25, 0.3) is 5.69 Å². The van der Waals surface area contributed by atoms with Gasteiger partial charge in [0.05, 0.1) is 16.5 Å². The Balaban J connectivity index is 3.50. The first-order valence-corrected chi connectivity index (χ1v) is 4.47. The lowest BCUT2D eigenvalue weighted by Gasteiger charge is -2.05. The van der Waals surface area contributed by atoms with Crippen molar-refractivity contribution in [1.82, 2.24) is 0 Å². The molecular formula is C7H5BrN4O3. The smallest absolute Gasteiger partial charge is 0.280 e. The van der Waals surface area contributed by atoms with E-state index in [1.807, 2.05) is 0 Å². The zero-order valence-electron chi connectivity index (χ0n) is 7.55. The highest BCUT2D eigenvalue weighted by Gasteiger charge is 2.18. The van der Waals surface area contributed by atoms with E-state index in [2.05, 4.69) is 26.0 Å². The van der Waals surface area contributed by atoms with Crippen LogP contribution in [0, 0.1) is 10.1 Å². The quantitative estimate of drug-likeness (QED) is 0.277. The average Bonchev–Trinajstić information content (AvgIpc) is 2.20. The summed E-state index contributed by atoms with van der Waals surface area (Å²) < 4.78 is 5.18. The van der Waals surface area contributed by atoms with Gasteiger partial charge in [-0.3, -0.25) is 10.1 Å². The Hall–Kier alpha value is -1.79. The molecule has 0 aliphatic heterocycles. The topological polar surface area (TPSA) is 101 Å². The van der Waals surface area contributed by atoms with Crippen LogP contribution in [0.5, 0.6) is 5.75 Å². The molecule has 0 saturated carbocycles. The number of nitro benzene ring substituents is 1. The maximum absolute atomic E-state index is 10.6. The molecule has 0 aliphatic carbocycles. The molecule has 0 atom stereocenters. The van der Waals surface area contributed by atoms with E-state index >= 15 is 0 Å². The van der Waals surface area contributed by atoms with Gasteiger partial charge in [-0.1, -0.05) is 5.11 Å². The SMILES string of the molecule is COc1ccc([N+](=O)[O-])c(N=[N+]=[N-])c1Br. The Bertz CT molecular complexity index is 456. The molecule has 0 saturated heterocycles. The molecule has 7 nitrogen and oxygen atoms in total. The van der Waals surface area contributed by atoms with Crippen molar-refractivity contribution in [2.75, 3.05) is 7.11 Å². The van der Waals surface area contributed by atoms with Crippen LogP contribution in [0.4, 0.5) is 11.4 Å². The molecule has 0 bridgehead atoms. The zero-order valence-corrected chi connectivity index (χ0v) is 9.13. The molecule has 0 N–H and O–H groups in total. The van der Waals surface area contributed by atoms with Crippen molar-refractivity contribution in [3.63, 3.8) is 0 Å². The van der Waals surface area contributed by atoms with E-state index in [9.17, 15) is 10.1 Å². The van der Waals surface area contributed by atoms with E-state index in [1.165, 1.54) is 19.2 Å². The number of nitro groups is 1. The van der Waals surface area contributed by atoms with Crippen molar-refractivity contribution in [1.29, 1.82) is 0 Å². The Kier molecular flexibility index (Phi) is 3.48. The molecule has 78 valence electrons. The van der Waals surface area contributed by atoms with Crippen LogP contribution >= 0.6 is 15.9 Å². The highest BCUT2D eigenvalue weighted by Crippen LogP contribution is 2.41. The molecule has 15 heavy (non-hydrogen) atoms. The van der Waals surface area contributed by atoms with Crippen LogP contribution in [0.2, 0.25) is 0 Å². The van der Waals surface area contributed by atoms with Crippen LogP contribution in [0.1, 0.15) is 0 Å². The summed E-state index contributed by atoms with van der Waals surface area (Å²) in [6.07, 6.45) is 0. The molecule has 0 aliphatic rings. The van der Waals surface area contributed by atoms with Crippen LogP contribution in [0.25, 0.3) is 10.4 Å². The van der Waals surface area contributed by atoms with Gasteiger partial charge in [-0.25, -0.2) is 0 Å². The van der Waals surface area contributed by atoms with Gasteiger partial charge in [0.15, 0.2) is 0 Å². The third-order valence-electron chi connectivity index (χ3n) is 1.62. The largest absolute Gasteiger partial charge is 0.496 e. The van der Waals surface area contributed by atoms with Gasteiger partial charge in [-0.05, 0) is 27.5 Å². The number of azide groups is 1. The van der Waals surface area contributed by atoms with Gasteiger partial charge < -0.3 is 4.74 Å². The monoisotopic (exact) mass is 272 g/mol. The van der Waals surface area contributed by atoms with Crippen LogP contribution in [0.3, 0.4) is 0 Å². The van der Waals surface area contributed by atoms with E-state index < -0.39 is 4.92 Å². The number of hydrogen-bond donors (Lipinski definition) is 0. The van der Waals surface area contributed by atoms with E-state index in [4.69, 9.17) is 10.3 Å². The number of rotatable bonds is 3. The predicted molar refractivity (Wildman–Crippen MR) is 56.2 cm³/mol. The Labute approximate surface area is 92.6 Å². The third kappa shape index (κ3) is 2.17. The summed E-state index contributed by atoms with van der Waals surface area (Å²) in [5.74, 6) is 0.364. The summed E-state index contributed by atoms with van der Waals surface area (Å²) in [7, 11) is 1.41. The maximum atomic E-state index is 10.6. The van der Waals surface area contributed by atoms with E-state index in [1.54, 1.807) is 0 Å². The summed E-state index contributed by atoms with van der Waals surface area (Å²) in [5.41, 5.74) is 7.92. The fourth-order valence-electron chi connectivity index (χ4n) is 0.981. The van der Waals surface area contributed by atoms with Gasteiger partial charge >= 0.3 is 0 Å². The van der Waals surface area contributed by atoms with Crippen molar-refractivity contribution in [2.45, 2.75) is 0 Å². The van der Waals surface area contributed by atoms with Crippen LogP contribution in [-0.2, 0) is 0 Å². The molecule has 8 heteroatoms. The molecule has 0 aromatic heterocycles. The summed E-state index contributed by atoms with van der Waals surface area (Å²) in [5, 5.41) is 13.9. The number of methoxy groups -OCH3 is 1. The standard InChI is InChI=1S/C7H5BrN4O3/c1-15-5-3-2-4(12(13)14)7(6(5)8)10-11-9/h2-3H,1H3. The van der Waals surface area contributed by atoms with Gasteiger partial charge in [0, 0.05) is 11.0 Å². The summed E-state index contributed by atoms with van der Waals surface area (Å²) >= 11 is 3.07. The number of hydrogen-bond acceptors (Lipinski definition) is 4. The average molecular weight is 273 g/mol. The minimum absolute atomic E-state index is 0.0955. The Morgan fingerprint density at radius 3 is 2.80 bits per heavy atom. The molecule has 0 amide bonds. The van der Waals surface area contributed by atoms with Crippen molar-refractivity contribution in [2.24, 2.45) is 5.11 Å². The molecule has 1 aromatic carbocycles. The van der Waals surface area contributed by atoms with E-state index in [0.29, 0.717) is 5.75 Å². The number of ether oxygens (including phenoxy) is 1. The maximum Gasteiger partial charge on any atom is 0.280 e. The Morgan fingerprint density at radius 2 is 2.33 bits per heavy atom. The Morgan fingerprint density at radius 1 is 1.67 bits per heavy atom. The fraction of sp³-hybridized carbons (Fsp3) is 0.143. The molecule has 0 radical (unpaired) electrons. The molecule has 0 unspecified atom stereocenters. The molecule has 1 rings (SSSR count). The highest BCUT2D eigenvalue weighted by atomic mass is 79.9. The van der Waals surface area contributed by atoms with Crippen LogP contribution in [0.15, 0.2) is 21.7 Å². The van der Waals surface area contributed by atoms with Gasteiger partial charge in [0.1, 0.15) is 11.4 Å². The second-order valence-corrected chi connectivity index (χ2v) is 3.19. The van der Waals surface area contributed by atoms with Crippen molar-refractivity contribution >= 4 is 27.3 Å². The first-order valence-electron chi connectivity index (χ1n) is 3.67. The van der Waals surface area contributed by atoms with E-state index in [-0.39, 0.29) is 15.8 Å². The van der Waals surface area contributed by atoms with Gasteiger partial charge in [0.2, 0.25) is 0 Å². The number of nitrogens with zero attached hydrogens (tertiary/aromatic N) is 4. The fourth-order valence-corrected chi connectivity index (χ4v) is 1.56. The van der Waals surface area contributed by atoms with Gasteiger partial charge in [-0.15, -0.1) is 0 Å². The molecular weight excluding hydrogens is 268 g/mol. The number of halogens is 1. The molecule has 0 fully saturated rings. The highest BCUT2D eigenvalue weighted by molar-refractivity contribution is 9.10. The van der Waals surface area contributed by atoms with Gasteiger partial charge in [-0.2, -0.15) is 0 Å². The zero-order chi connectivity index (χ0) is 11.4. The minimum Gasteiger partial charge on any atom is -0.496 e. The minimum atomic E-state index is -0.631. The van der Waals surface area contributed by atoms with Crippen molar-refractivity contribution in [3.8, 4) is 5.75 Å². The second-order valence-electron chi connectivity index (χ2n) is 2.40. The van der Waals surface area contributed by atoms with E-state index in [0.717, 1.165) is 0 Å². The lowest BCUT2D eigenvalue weighted by molar-refractivity contribution is -0.384. The molecule has 0 spiro atoms. The number of benzene rings is 1. The third-order valence-corrected chi connectivity index (χ3v) is 2.39. The predicted octanol–water partition coefficient (Wildman–Crippen LogP) is 3.31. The molecule has 1 aromatic rings.